The van der Waals surface area contributed by atoms with E-state index in [-0.39, 0.29) is 92.1 Å². The fourth-order valence-electron chi connectivity index (χ4n) is 8.62. The van der Waals surface area contributed by atoms with Gasteiger partial charge in [-0.3, -0.25) is 4.79 Å². The molecule has 0 N–H and O–H groups in total. The molecule has 92 heavy (non-hydrogen) atoms. The molecular weight excluding hydrogens is 1480 g/mol. The molecular formula is C67H51Br3F16KO4P. The molecule has 482 valence electrons. The minimum Gasteiger partial charge on any atom is -1.00 e. The van der Waals surface area contributed by atoms with E-state index in [1.807, 2.05) is 0 Å². The second kappa shape index (κ2) is 34.7. The van der Waals surface area contributed by atoms with Gasteiger partial charge in [-0.15, -0.1) is 5.60 Å². The quantitative estimate of drug-likeness (QED) is 0.0358. The number of aldehydes is 1. The Hall–Kier alpha value is -5.66. The SMILES string of the molecule is C.C/C=C\c1c(Br)cc(F)c(C(F)(F)Oc2ccc(-c3cc(F)c(F)c(F)c3)c(F)c2)c1F.CC(C)(C)[O-].CC[P+](c1ccccc1)(c1ccccc1)c1ccccc1.O=Cc1c(Br)cc(F)c(C(F)(F)Oc2ccc(-c3cc(F)c(F)c(F)c3)c(F)c2)c1F.[Br-].[K+]. The molecule has 0 aliphatic rings. The third kappa shape index (κ3) is 19.7. The van der Waals surface area contributed by atoms with Crippen LogP contribution in [-0.4, -0.2) is 18.0 Å². The summed E-state index contributed by atoms with van der Waals surface area (Å²) in [5.74, 6) is -21.0. The molecule has 4 nitrogen and oxygen atoms in total. The van der Waals surface area contributed by atoms with E-state index in [2.05, 4.69) is 139 Å². The Morgan fingerprint density at radius 2 is 0.772 bits per heavy atom. The van der Waals surface area contributed by atoms with Gasteiger partial charge in [0.05, 0.1) is 11.7 Å². The van der Waals surface area contributed by atoms with E-state index in [1.54, 1.807) is 20.8 Å². The van der Waals surface area contributed by atoms with Crippen molar-refractivity contribution in [2.75, 3.05) is 6.16 Å². The van der Waals surface area contributed by atoms with Gasteiger partial charge in [-0.2, -0.15) is 17.6 Å². The van der Waals surface area contributed by atoms with Gasteiger partial charge >= 0.3 is 63.6 Å². The molecule has 9 rings (SSSR count). The standard InChI is InChI=1S/C22H11BrF8O.C20H7BrF8O2.C20H20P.C4H9O.CH4.BrH.K/c1-2-3-13-14(23)9-16(25)19(20(13)28)22(30,31)32-11-4-5-12(15(24)8-11)10-6-17(26)21(29)18(27)7-10;21-12-6-14(23)17(18(26)11(12)7-30)20(28,29)31-9-1-2-10(13(22)5-9)8-3-15(24)19(27)16(25)4-8;1-2-21(18-12-6-3-7-13-18,19-14-8-4-9-15-19)20-16-10-5-11-17-20;1-4(2,3)5;;;/h2-9H,1H3;1-7H;3-17H,2H2,1H3;1-3H3;1H4;1H;/q;;+1;-1;;;+1/p-1/b3-2-;;;;;;. The molecule has 9 aromatic rings. The van der Waals surface area contributed by atoms with Gasteiger partial charge in [-0.25, -0.2) is 52.7 Å². The molecule has 0 saturated heterocycles. The maximum Gasteiger partial charge on any atom is 1.00 e. The van der Waals surface area contributed by atoms with E-state index in [0.717, 1.165) is 36.5 Å². The molecule has 0 radical (unpaired) electrons. The average molecular weight is 1530 g/mol. The third-order valence-electron chi connectivity index (χ3n) is 12.5. The number of alkyl halides is 4. The van der Waals surface area contributed by atoms with Gasteiger partial charge in [0.25, 0.3) is 0 Å². The Balaban J connectivity index is 0.000000347. The number of hydrogen-bond acceptors (Lipinski definition) is 4. The first-order valence-electron chi connectivity index (χ1n) is 26.0. The average Bonchev–Trinajstić information content (AvgIpc) is 0.793. The maximum atomic E-state index is 14.6. The van der Waals surface area contributed by atoms with Crippen molar-refractivity contribution in [1.29, 1.82) is 0 Å². The maximum absolute atomic E-state index is 14.6. The molecule has 0 bridgehead atoms. The zero-order valence-electron chi connectivity index (χ0n) is 48.3. The summed E-state index contributed by atoms with van der Waals surface area (Å²) in [4.78, 5) is 10.9. The first kappa shape index (κ1) is 80.6. The number of benzene rings is 9. The minimum atomic E-state index is -4.67. The minimum absolute atomic E-state index is 0. The molecule has 0 spiro atoms. The van der Waals surface area contributed by atoms with Crippen LogP contribution in [0.2, 0.25) is 0 Å². The molecule has 0 aliphatic heterocycles. The Morgan fingerprint density at radius 3 is 1.05 bits per heavy atom. The zero-order chi connectivity index (χ0) is 65.9. The number of rotatable bonds is 14. The van der Waals surface area contributed by atoms with Crippen LogP contribution in [0.5, 0.6) is 11.5 Å². The molecule has 0 aromatic heterocycles. The van der Waals surface area contributed by atoms with Crippen LogP contribution in [0.3, 0.4) is 0 Å². The summed E-state index contributed by atoms with van der Waals surface area (Å²) in [6.45, 7) is 8.71. The van der Waals surface area contributed by atoms with Crippen molar-refractivity contribution in [2.24, 2.45) is 0 Å². The van der Waals surface area contributed by atoms with Crippen LogP contribution in [0, 0.1) is 69.8 Å². The second-order valence-corrected chi connectivity index (χ2v) is 25.3. The Bertz CT molecular complexity index is 3870. The largest absolute Gasteiger partial charge is 1.00 e. The van der Waals surface area contributed by atoms with Crippen molar-refractivity contribution in [3.8, 4) is 33.8 Å². The molecule has 0 saturated carbocycles. The second-order valence-electron chi connectivity index (χ2n) is 19.8. The van der Waals surface area contributed by atoms with E-state index < -0.39 is 150 Å². The number of carbonyl (C=O) groups is 1. The molecule has 0 fully saturated rings. The zero-order valence-corrected chi connectivity index (χ0v) is 57.1. The van der Waals surface area contributed by atoms with Crippen LogP contribution in [0.15, 0.2) is 179 Å². The molecule has 0 unspecified atom stereocenters. The molecule has 0 aliphatic carbocycles. The number of hydrogen-bond donors (Lipinski definition) is 0. The summed E-state index contributed by atoms with van der Waals surface area (Å²) in [7, 11) is -1.53. The Labute approximate surface area is 590 Å². The summed E-state index contributed by atoms with van der Waals surface area (Å²) >= 11 is 5.53. The van der Waals surface area contributed by atoms with E-state index in [0.29, 0.717) is 48.5 Å². The molecule has 0 amide bonds. The van der Waals surface area contributed by atoms with Crippen molar-refractivity contribution in [3.05, 3.63) is 271 Å². The van der Waals surface area contributed by atoms with Gasteiger partial charge in [0.1, 0.15) is 74.9 Å². The van der Waals surface area contributed by atoms with Crippen molar-refractivity contribution in [2.45, 2.75) is 59.9 Å². The number of ether oxygens (including phenoxy) is 2. The Morgan fingerprint density at radius 1 is 0.467 bits per heavy atom. The van der Waals surface area contributed by atoms with Crippen LogP contribution in [0.4, 0.5) is 70.2 Å². The van der Waals surface area contributed by atoms with E-state index in [4.69, 9.17) is 0 Å². The summed E-state index contributed by atoms with van der Waals surface area (Å²) in [5, 5.41) is 14.5. The normalized spacial score (nSPS) is 11.3. The van der Waals surface area contributed by atoms with Crippen LogP contribution in [-0.2, 0) is 12.2 Å². The van der Waals surface area contributed by atoms with E-state index in [1.165, 1.54) is 28.9 Å². The summed E-state index contributed by atoms with van der Waals surface area (Å²) in [6, 6.07) is 40.0. The summed E-state index contributed by atoms with van der Waals surface area (Å²) in [5.41, 5.74) is -7.35. The Kier molecular flexibility index (Phi) is 30.4. The van der Waals surface area contributed by atoms with Crippen LogP contribution in [0.1, 0.15) is 69.1 Å². The summed E-state index contributed by atoms with van der Waals surface area (Å²) in [6.07, 6.45) is -5.71. The monoisotopic (exact) mass is 1530 g/mol. The molecule has 0 heterocycles. The summed E-state index contributed by atoms with van der Waals surface area (Å²) < 4.78 is 232. The van der Waals surface area contributed by atoms with Crippen LogP contribution in [0.25, 0.3) is 28.3 Å². The fourth-order valence-corrected chi connectivity index (χ4v) is 13.6. The molecule has 25 heteroatoms. The molecule has 0 atom stereocenters. The van der Waals surface area contributed by atoms with Crippen molar-refractivity contribution in [3.63, 3.8) is 0 Å². The van der Waals surface area contributed by atoms with Crippen molar-refractivity contribution >= 4 is 67.4 Å². The predicted octanol–water partition coefficient (Wildman–Crippen LogP) is 13.8. The fraction of sp³-hybridized carbons (Fsp3) is 0.149. The van der Waals surface area contributed by atoms with Crippen LogP contribution < -0.4 is 98.9 Å². The number of halogens is 19. The first-order chi connectivity index (χ1) is 41.8. The van der Waals surface area contributed by atoms with Gasteiger partial charge < -0.3 is 31.6 Å². The van der Waals surface area contributed by atoms with Crippen molar-refractivity contribution in [1.82, 2.24) is 0 Å². The number of carbonyl (C=O) groups excluding carboxylic acids is 1. The predicted molar refractivity (Wildman–Crippen MR) is 323 cm³/mol. The van der Waals surface area contributed by atoms with Gasteiger partial charge in [-0.05, 0) is 154 Å². The van der Waals surface area contributed by atoms with Crippen LogP contribution >= 0.6 is 39.1 Å². The van der Waals surface area contributed by atoms with E-state index >= 15 is 0 Å². The van der Waals surface area contributed by atoms with Gasteiger partial charge in [0, 0.05) is 37.8 Å². The van der Waals surface area contributed by atoms with E-state index in [9.17, 15) is 80.1 Å². The topological polar surface area (TPSA) is 58.6 Å². The molecule has 9 aromatic carbocycles. The number of allylic oxidation sites excluding steroid dienone is 1. The smallest absolute Gasteiger partial charge is 1.00 e. The van der Waals surface area contributed by atoms with Gasteiger partial charge in [0.15, 0.2) is 47.0 Å². The van der Waals surface area contributed by atoms with Gasteiger partial charge in [-0.1, -0.05) is 94.9 Å². The van der Waals surface area contributed by atoms with Crippen molar-refractivity contribution < 1.29 is 158 Å². The van der Waals surface area contributed by atoms with Gasteiger partial charge in [0.2, 0.25) is 0 Å². The third-order valence-corrected chi connectivity index (χ3v) is 18.3. The first-order valence-corrected chi connectivity index (χ1v) is 29.6.